The fourth-order valence-electron chi connectivity index (χ4n) is 2.40. The third-order valence-corrected chi connectivity index (χ3v) is 3.77. The number of aryl methyl sites for hydroxylation is 1. The van der Waals surface area contributed by atoms with E-state index in [1.807, 2.05) is 31.2 Å². The maximum Gasteiger partial charge on any atom is 0.338 e. The minimum atomic E-state index is -1.02. The molecule has 0 aliphatic heterocycles. The molecule has 3 N–H and O–H groups in total. The number of primary amides is 1. The molecule has 3 rings (SSSR count). The fourth-order valence-corrected chi connectivity index (χ4v) is 2.40. The van der Waals surface area contributed by atoms with E-state index in [1.165, 1.54) is 12.1 Å². The zero-order valence-corrected chi connectivity index (χ0v) is 14.8. The molecule has 0 aliphatic carbocycles. The van der Waals surface area contributed by atoms with Gasteiger partial charge in [-0.25, -0.2) is 9.59 Å². The minimum absolute atomic E-state index is 0.217. The monoisotopic (exact) mass is 380 g/mol. The van der Waals surface area contributed by atoms with E-state index in [0.29, 0.717) is 17.3 Å². The lowest BCUT2D eigenvalue weighted by Crippen LogP contribution is -2.37. The van der Waals surface area contributed by atoms with Crippen LogP contribution in [-0.4, -0.2) is 34.7 Å². The van der Waals surface area contributed by atoms with E-state index in [-0.39, 0.29) is 5.56 Å². The first kappa shape index (κ1) is 18.8. The number of hydrogen-bond donors (Lipinski definition) is 2. The molecule has 0 saturated heterocycles. The molecule has 0 atom stereocenters. The highest BCUT2D eigenvalue weighted by Gasteiger charge is 2.14. The average molecular weight is 380 g/mol. The van der Waals surface area contributed by atoms with Crippen LogP contribution in [0.4, 0.5) is 4.79 Å². The summed E-state index contributed by atoms with van der Waals surface area (Å²) in [6.45, 7) is 1.33. The second-order valence-electron chi connectivity index (χ2n) is 5.79. The lowest BCUT2D eigenvalue weighted by Gasteiger charge is -2.04. The summed E-state index contributed by atoms with van der Waals surface area (Å²) in [5.41, 5.74) is 7.49. The van der Waals surface area contributed by atoms with Crippen molar-refractivity contribution in [3.63, 3.8) is 0 Å². The van der Waals surface area contributed by atoms with Crippen molar-refractivity contribution in [2.75, 3.05) is 6.61 Å². The highest BCUT2D eigenvalue weighted by Crippen LogP contribution is 2.26. The van der Waals surface area contributed by atoms with E-state index in [1.54, 1.807) is 17.4 Å². The van der Waals surface area contributed by atoms with E-state index < -0.39 is 24.5 Å². The Morgan fingerprint density at radius 2 is 1.71 bits per heavy atom. The van der Waals surface area contributed by atoms with Gasteiger partial charge in [0.15, 0.2) is 6.61 Å². The van der Waals surface area contributed by atoms with Crippen LogP contribution in [0.25, 0.3) is 22.9 Å². The highest BCUT2D eigenvalue weighted by molar-refractivity contribution is 5.96. The van der Waals surface area contributed by atoms with Gasteiger partial charge in [0.25, 0.3) is 5.91 Å². The molecule has 28 heavy (non-hydrogen) atoms. The van der Waals surface area contributed by atoms with Crippen LogP contribution in [0.1, 0.15) is 15.9 Å². The molecule has 0 radical (unpaired) electrons. The van der Waals surface area contributed by atoms with Crippen LogP contribution in [0.2, 0.25) is 0 Å². The summed E-state index contributed by atoms with van der Waals surface area (Å²) in [5, 5.41) is 9.89. The Morgan fingerprint density at radius 1 is 1.04 bits per heavy atom. The molecule has 142 valence electrons. The van der Waals surface area contributed by atoms with Crippen LogP contribution < -0.4 is 11.1 Å². The number of nitrogens with zero attached hydrogens (tertiary/aromatic N) is 2. The summed E-state index contributed by atoms with van der Waals surface area (Å²) >= 11 is 0. The van der Waals surface area contributed by atoms with Crippen LogP contribution in [0.3, 0.4) is 0 Å². The van der Waals surface area contributed by atoms with Crippen LogP contribution in [0, 0.1) is 6.92 Å². The molecule has 0 unspecified atom stereocenters. The Kier molecular flexibility index (Phi) is 5.45. The maximum absolute atomic E-state index is 11.9. The van der Waals surface area contributed by atoms with Crippen molar-refractivity contribution in [3.05, 3.63) is 59.7 Å². The molecule has 2 aromatic carbocycles. The number of esters is 1. The van der Waals surface area contributed by atoms with Crippen LogP contribution in [0.5, 0.6) is 0 Å². The number of benzene rings is 2. The van der Waals surface area contributed by atoms with Crippen molar-refractivity contribution in [1.29, 1.82) is 0 Å². The van der Waals surface area contributed by atoms with Gasteiger partial charge in [0.05, 0.1) is 5.56 Å². The molecule has 0 fully saturated rings. The Labute approximate surface area is 159 Å². The predicted molar refractivity (Wildman–Crippen MR) is 97.9 cm³/mol. The molecule has 1 aromatic heterocycles. The standard InChI is InChI=1S/C19H16N4O5/c1-11-4-2-3-5-14(11)17-23-22-16(28-17)12-6-8-13(9-7-12)18(25)27-10-15(24)21-19(20)26/h2-9H,10H2,1H3,(H3,20,21,24,26). The second-order valence-corrected chi connectivity index (χ2v) is 5.79. The van der Waals surface area contributed by atoms with Crippen molar-refractivity contribution in [2.24, 2.45) is 5.73 Å². The third kappa shape index (κ3) is 4.39. The summed E-state index contributed by atoms with van der Waals surface area (Å²) in [4.78, 5) is 33.7. The molecule has 9 nitrogen and oxygen atoms in total. The van der Waals surface area contributed by atoms with Gasteiger partial charge in [-0.15, -0.1) is 10.2 Å². The highest BCUT2D eigenvalue weighted by atomic mass is 16.5. The third-order valence-electron chi connectivity index (χ3n) is 3.77. The van der Waals surface area contributed by atoms with Gasteiger partial charge in [-0.2, -0.15) is 0 Å². The number of rotatable bonds is 5. The number of ether oxygens (including phenoxy) is 1. The Balaban J connectivity index is 1.68. The Hall–Kier alpha value is -4.01. The van der Waals surface area contributed by atoms with Gasteiger partial charge in [-0.1, -0.05) is 18.2 Å². The number of carbonyl (C=O) groups is 3. The zero-order chi connectivity index (χ0) is 20.1. The molecule has 3 aromatic rings. The van der Waals surface area contributed by atoms with E-state index >= 15 is 0 Å². The number of carbonyl (C=O) groups excluding carboxylic acids is 3. The summed E-state index contributed by atoms with van der Waals surface area (Å²) in [5.74, 6) is -0.833. The molecule has 1 heterocycles. The van der Waals surface area contributed by atoms with E-state index in [2.05, 4.69) is 10.2 Å². The van der Waals surface area contributed by atoms with Gasteiger partial charge in [-0.3, -0.25) is 10.1 Å². The van der Waals surface area contributed by atoms with Crippen LogP contribution in [-0.2, 0) is 9.53 Å². The van der Waals surface area contributed by atoms with E-state index in [0.717, 1.165) is 11.1 Å². The van der Waals surface area contributed by atoms with Gasteiger partial charge in [-0.05, 0) is 42.8 Å². The molecule has 0 saturated carbocycles. The topological polar surface area (TPSA) is 137 Å². The average Bonchev–Trinajstić information content (AvgIpc) is 3.16. The van der Waals surface area contributed by atoms with E-state index in [4.69, 9.17) is 14.9 Å². The first-order chi connectivity index (χ1) is 13.4. The lowest BCUT2D eigenvalue weighted by atomic mass is 10.1. The quantitative estimate of drug-likeness (QED) is 0.646. The second kappa shape index (κ2) is 8.12. The summed E-state index contributed by atoms with van der Waals surface area (Å²) in [6.07, 6.45) is 0. The number of urea groups is 1. The normalized spacial score (nSPS) is 10.3. The summed E-state index contributed by atoms with van der Waals surface area (Å²) in [7, 11) is 0. The van der Waals surface area contributed by atoms with Crippen molar-refractivity contribution in [3.8, 4) is 22.9 Å². The SMILES string of the molecule is Cc1ccccc1-c1nnc(-c2ccc(C(=O)OCC(=O)NC(N)=O)cc2)o1. The number of aromatic nitrogens is 2. The molecular formula is C19H16N4O5. The Morgan fingerprint density at radius 3 is 2.39 bits per heavy atom. The van der Waals surface area contributed by atoms with Gasteiger partial charge < -0.3 is 14.9 Å². The zero-order valence-electron chi connectivity index (χ0n) is 14.8. The van der Waals surface area contributed by atoms with E-state index in [9.17, 15) is 14.4 Å². The summed E-state index contributed by atoms with van der Waals surface area (Å²) in [6, 6.07) is 12.9. The van der Waals surface area contributed by atoms with Gasteiger partial charge in [0, 0.05) is 11.1 Å². The number of nitrogens with one attached hydrogen (secondary N) is 1. The van der Waals surface area contributed by atoms with Crippen LogP contribution >= 0.6 is 0 Å². The first-order valence-corrected chi connectivity index (χ1v) is 8.20. The summed E-state index contributed by atoms with van der Waals surface area (Å²) < 4.78 is 10.5. The maximum atomic E-state index is 11.9. The van der Waals surface area contributed by atoms with Crippen molar-refractivity contribution in [2.45, 2.75) is 6.92 Å². The van der Waals surface area contributed by atoms with Gasteiger partial charge >= 0.3 is 12.0 Å². The molecule has 3 amide bonds. The molecule has 9 heteroatoms. The van der Waals surface area contributed by atoms with Crippen LogP contribution in [0.15, 0.2) is 52.9 Å². The lowest BCUT2D eigenvalue weighted by molar-refractivity contribution is -0.123. The first-order valence-electron chi connectivity index (χ1n) is 8.20. The predicted octanol–water partition coefficient (Wildman–Crippen LogP) is 2.06. The molecule has 0 spiro atoms. The molecular weight excluding hydrogens is 364 g/mol. The molecule has 0 bridgehead atoms. The smallest absolute Gasteiger partial charge is 0.338 e. The molecule has 0 aliphatic rings. The largest absolute Gasteiger partial charge is 0.452 e. The number of amides is 3. The fraction of sp³-hybridized carbons (Fsp3) is 0.105. The number of hydrogen-bond acceptors (Lipinski definition) is 7. The van der Waals surface area contributed by atoms with Crippen molar-refractivity contribution >= 4 is 17.9 Å². The number of nitrogens with two attached hydrogens (primary N) is 1. The van der Waals surface area contributed by atoms with Gasteiger partial charge in [0.2, 0.25) is 11.8 Å². The van der Waals surface area contributed by atoms with Crippen molar-refractivity contribution in [1.82, 2.24) is 15.5 Å². The van der Waals surface area contributed by atoms with Gasteiger partial charge in [0.1, 0.15) is 0 Å². The number of imide groups is 1. The van der Waals surface area contributed by atoms with Crippen molar-refractivity contribution < 1.29 is 23.5 Å². The minimum Gasteiger partial charge on any atom is -0.452 e. The Bertz CT molecular complexity index is 1030.